The molecule has 5 nitrogen and oxygen atoms in total. The van der Waals surface area contributed by atoms with Crippen LogP contribution < -0.4 is 5.32 Å². The van der Waals surface area contributed by atoms with Crippen molar-refractivity contribution >= 4 is 44.8 Å². The molecular formula is C9H8BrClN2O3. The van der Waals surface area contributed by atoms with Crippen molar-refractivity contribution in [1.29, 1.82) is 0 Å². The van der Waals surface area contributed by atoms with Gasteiger partial charge in [0.25, 0.3) is 5.69 Å². The van der Waals surface area contributed by atoms with E-state index in [1.165, 1.54) is 18.2 Å². The van der Waals surface area contributed by atoms with Crippen LogP contribution in [0.1, 0.15) is 6.42 Å². The summed E-state index contributed by atoms with van der Waals surface area (Å²) in [5.74, 6) is -0.179. The number of anilines is 1. The Morgan fingerprint density at radius 2 is 2.25 bits per heavy atom. The second kappa shape index (κ2) is 5.81. The topological polar surface area (TPSA) is 72.2 Å². The summed E-state index contributed by atoms with van der Waals surface area (Å²) in [6.45, 7) is 0. The van der Waals surface area contributed by atoms with Crippen molar-refractivity contribution in [3.63, 3.8) is 0 Å². The van der Waals surface area contributed by atoms with E-state index >= 15 is 0 Å². The van der Waals surface area contributed by atoms with Crippen LogP contribution in [0.5, 0.6) is 0 Å². The molecule has 0 saturated carbocycles. The van der Waals surface area contributed by atoms with Gasteiger partial charge in [0.1, 0.15) is 5.02 Å². The maximum Gasteiger partial charge on any atom is 0.288 e. The Kier molecular flexibility index (Phi) is 4.70. The number of amides is 1. The van der Waals surface area contributed by atoms with Crippen LogP contribution in [0.25, 0.3) is 0 Å². The molecule has 0 radical (unpaired) electrons. The molecule has 0 saturated heterocycles. The Labute approximate surface area is 105 Å². The molecule has 16 heavy (non-hydrogen) atoms. The number of nitro groups is 1. The summed E-state index contributed by atoms with van der Waals surface area (Å²) in [5.41, 5.74) is 0.265. The molecule has 0 aliphatic rings. The minimum absolute atomic E-state index is 0.00152. The van der Waals surface area contributed by atoms with Crippen molar-refractivity contribution in [2.45, 2.75) is 6.42 Å². The highest BCUT2D eigenvalue weighted by Gasteiger charge is 2.12. The minimum atomic E-state index is -0.577. The molecule has 0 bridgehead atoms. The third kappa shape index (κ3) is 3.46. The van der Waals surface area contributed by atoms with Crippen LogP contribution in [0.2, 0.25) is 5.02 Å². The Bertz CT molecular complexity index is 425. The van der Waals surface area contributed by atoms with E-state index < -0.39 is 4.92 Å². The number of carbonyl (C=O) groups is 1. The van der Waals surface area contributed by atoms with Crippen molar-refractivity contribution in [1.82, 2.24) is 0 Å². The highest BCUT2D eigenvalue weighted by molar-refractivity contribution is 9.09. The fraction of sp³-hybridized carbons (Fsp3) is 0.222. The fourth-order valence-corrected chi connectivity index (χ4v) is 1.65. The van der Waals surface area contributed by atoms with Crippen LogP contribution in [0.4, 0.5) is 11.4 Å². The maximum absolute atomic E-state index is 11.2. The largest absolute Gasteiger partial charge is 0.326 e. The number of halogens is 2. The van der Waals surface area contributed by atoms with Gasteiger partial charge < -0.3 is 5.32 Å². The lowest BCUT2D eigenvalue weighted by atomic mass is 10.2. The van der Waals surface area contributed by atoms with Crippen LogP contribution in [0.15, 0.2) is 18.2 Å². The van der Waals surface area contributed by atoms with Gasteiger partial charge in [-0.05, 0) is 12.1 Å². The highest BCUT2D eigenvalue weighted by Crippen LogP contribution is 2.27. The van der Waals surface area contributed by atoms with Crippen LogP contribution in [0.3, 0.4) is 0 Å². The third-order valence-electron chi connectivity index (χ3n) is 1.75. The Morgan fingerprint density at radius 3 is 2.75 bits per heavy atom. The number of hydrogen-bond acceptors (Lipinski definition) is 3. The van der Waals surface area contributed by atoms with Crippen LogP contribution in [-0.4, -0.2) is 16.2 Å². The van der Waals surface area contributed by atoms with Crippen LogP contribution >= 0.6 is 27.5 Å². The van der Waals surface area contributed by atoms with Crippen molar-refractivity contribution in [2.75, 3.05) is 10.6 Å². The molecule has 0 aliphatic heterocycles. The molecule has 1 aromatic rings. The molecule has 0 unspecified atom stereocenters. The first kappa shape index (κ1) is 12.9. The van der Waals surface area contributed by atoms with E-state index in [-0.39, 0.29) is 16.6 Å². The van der Waals surface area contributed by atoms with E-state index in [4.69, 9.17) is 11.6 Å². The lowest BCUT2D eigenvalue weighted by Crippen LogP contribution is -2.11. The molecule has 0 aliphatic carbocycles. The predicted octanol–water partition coefficient (Wildman–Crippen LogP) is 2.97. The molecular weight excluding hydrogens is 299 g/mol. The summed E-state index contributed by atoms with van der Waals surface area (Å²) in [5, 5.41) is 13.6. The highest BCUT2D eigenvalue weighted by atomic mass is 79.9. The summed E-state index contributed by atoms with van der Waals surface area (Å²) in [6, 6.07) is 4.05. The average molecular weight is 308 g/mol. The Morgan fingerprint density at radius 1 is 1.56 bits per heavy atom. The van der Waals surface area contributed by atoms with Crippen molar-refractivity contribution in [2.24, 2.45) is 0 Å². The van der Waals surface area contributed by atoms with Crippen LogP contribution in [0, 0.1) is 10.1 Å². The van der Waals surface area contributed by atoms with Gasteiger partial charge in [0.15, 0.2) is 0 Å². The normalized spacial score (nSPS) is 9.88. The lowest BCUT2D eigenvalue weighted by molar-refractivity contribution is -0.384. The maximum atomic E-state index is 11.2. The van der Waals surface area contributed by atoms with E-state index in [1.807, 2.05) is 0 Å². The first-order valence-electron chi connectivity index (χ1n) is 4.34. The standard InChI is InChI=1S/C9H8BrClN2O3/c10-4-3-9(14)12-6-1-2-8(13(15)16)7(11)5-6/h1-2,5H,3-4H2,(H,12,14). The summed E-state index contributed by atoms with van der Waals surface area (Å²) < 4.78 is 0. The molecule has 7 heteroatoms. The summed E-state index contributed by atoms with van der Waals surface area (Å²) >= 11 is 8.81. The van der Waals surface area contributed by atoms with Gasteiger partial charge in [-0.15, -0.1) is 0 Å². The quantitative estimate of drug-likeness (QED) is 0.528. The zero-order chi connectivity index (χ0) is 12.1. The van der Waals surface area contributed by atoms with Crippen molar-refractivity contribution in [3.05, 3.63) is 33.3 Å². The van der Waals surface area contributed by atoms with E-state index in [0.717, 1.165) is 0 Å². The molecule has 0 fully saturated rings. The molecule has 1 amide bonds. The van der Waals surface area contributed by atoms with Crippen molar-refractivity contribution < 1.29 is 9.72 Å². The zero-order valence-corrected chi connectivity index (χ0v) is 10.4. The second-order valence-electron chi connectivity index (χ2n) is 2.91. The molecule has 0 atom stereocenters. The number of benzene rings is 1. The number of nitro benzene ring substituents is 1. The fourth-order valence-electron chi connectivity index (χ4n) is 1.04. The first-order valence-corrected chi connectivity index (χ1v) is 5.84. The van der Waals surface area contributed by atoms with Crippen molar-refractivity contribution in [3.8, 4) is 0 Å². The van der Waals surface area contributed by atoms with Crippen LogP contribution in [-0.2, 0) is 4.79 Å². The van der Waals surface area contributed by atoms with Gasteiger partial charge in [-0.2, -0.15) is 0 Å². The van der Waals surface area contributed by atoms with Gasteiger partial charge in [0.2, 0.25) is 5.91 Å². The first-order chi connectivity index (χ1) is 7.54. The van der Waals surface area contributed by atoms with Gasteiger partial charge in [-0.3, -0.25) is 14.9 Å². The minimum Gasteiger partial charge on any atom is -0.326 e. The molecule has 86 valence electrons. The predicted molar refractivity (Wildman–Crippen MR) is 65.1 cm³/mol. The molecule has 0 aromatic heterocycles. The number of nitrogens with zero attached hydrogens (tertiary/aromatic N) is 1. The monoisotopic (exact) mass is 306 g/mol. The number of alkyl halides is 1. The number of hydrogen-bond donors (Lipinski definition) is 1. The van der Waals surface area contributed by atoms with E-state index in [9.17, 15) is 14.9 Å². The van der Waals surface area contributed by atoms with Gasteiger partial charge in [0.05, 0.1) is 4.92 Å². The average Bonchev–Trinajstić information content (AvgIpc) is 2.17. The number of rotatable bonds is 4. The number of carbonyl (C=O) groups excluding carboxylic acids is 1. The Balaban J connectivity index is 2.81. The molecule has 1 rings (SSSR count). The van der Waals surface area contributed by atoms with Gasteiger partial charge in [0, 0.05) is 23.5 Å². The van der Waals surface area contributed by atoms with Gasteiger partial charge in [-0.25, -0.2) is 0 Å². The number of nitrogens with one attached hydrogen (secondary N) is 1. The second-order valence-corrected chi connectivity index (χ2v) is 4.11. The molecule has 1 aromatic carbocycles. The molecule has 0 heterocycles. The molecule has 0 spiro atoms. The molecule has 1 N–H and O–H groups in total. The summed E-state index contributed by atoms with van der Waals surface area (Å²) in [7, 11) is 0. The SMILES string of the molecule is O=C(CCBr)Nc1ccc([N+](=O)[O-])c(Cl)c1. The van der Waals surface area contributed by atoms with E-state index in [2.05, 4.69) is 21.2 Å². The smallest absolute Gasteiger partial charge is 0.288 e. The summed E-state index contributed by atoms with van der Waals surface area (Å²) in [4.78, 5) is 21.1. The van der Waals surface area contributed by atoms with E-state index in [1.54, 1.807) is 0 Å². The van der Waals surface area contributed by atoms with Gasteiger partial charge >= 0.3 is 0 Å². The zero-order valence-electron chi connectivity index (χ0n) is 8.07. The lowest BCUT2D eigenvalue weighted by Gasteiger charge is -2.04. The Hall–Kier alpha value is -1.14. The third-order valence-corrected chi connectivity index (χ3v) is 2.45. The van der Waals surface area contributed by atoms with Gasteiger partial charge in [-0.1, -0.05) is 27.5 Å². The summed E-state index contributed by atoms with van der Waals surface area (Å²) in [6.07, 6.45) is 0.328. The van der Waals surface area contributed by atoms with E-state index in [0.29, 0.717) is 17.4 Å².